The van der Waals surface area contributed by atoms with Crippen LogP contribution < -0.4 is 14.8 Å². The van der Waals surface area contributed by atoms with Gasteiger partial charge in [0.2, 0.25) is 10.0 Å². The maximum absolute atomic E-state index is 13.1. The maximum atomic E-state index is 13.1. The number of ether oxygens (including phenoxy) is 2. The van der Waals surface area contributed by atoms with Gasteiger partial charge < -0.3 is 25.0 Å². The highest BCUT2D eigenvalue weighted by Gasteiger charge is 2.33. The van der Waals surface area contributed by atoms with E-state index in [1.807, 2.05) is 12.1 Å². The summed E-state index contributed by atoms with van der Waals surface area (Å²) in [4.78, 5) is 11.4. The molecule has 0 bridgehead atoms. The summed E-state index contributed by atoms with van der Waals surface area (Å²) < 4.78 is 39.4. The van der Waals surface area contributed by atoms with E-state index in [2.05, 4.69) is 10.0 Å². The molecule has 4 N–H and O–H groups in total. The molecule has 1 amide bonds. The fourth-order valence-corrected chi connectivity index (χ4v) is 4.58. The number of sulfonamides is 1. The van der Waals surface area contributed by atoms with Crippen molar-refractivity contribution in [3.05, 3.63) is 96.1 Å². The van der Waals surface area contributed by atoms with Gasteiger partial charge in [0.05, 0.1) is 24.7 Å². The van der Waals surface area contributed by atoms with Crippen LogP contribution in [0.2, 0.25) is 0 Å². The van der Waals surface area contributed by atoms with Crippen LogP contribution in [0.1, 0.15) is 11.1 Å². The SMILES string of the molecule is COc1ccc(S(=O)(=O)NC(OCc2ccccc2)[C@H](O)[C@H](Cc2ccccc2)NC(=O)O)cc1. The standard InChI is InChI=1S/C25H28N2O7S/c1-33-20-12-14-21(15-13-20)35(31,32)27-24(34-17-19-10-6-3-7-11-19)23(28)22(26-25(29)30)16-18-8-4-2-5-9-18/h2-15,22-24,26-28H,16-17H2,1H3,(H,29,30)/t22-,23+,24?/m0/s1. The molecule has 0 saturated carbocycles. The van der Waals surface area contributed by atoms with Gasteiger partial charge in [-0.3, -0.25) is 0 Å². The van der Waals surface area contributed by atoms with Crippen molar-refractivity contribution >= 4 is 16.1 Å². The minimum absolute atomic E-state index is 0.0151. The molecule has 186 valence electrons. The zero-order valence-corrected chi connectivity index (χ0v) is 19.9. The predicted octanol–water partition coefficient (Wildman–Crippen LogP) is 2.76. The number of amides is 1. The monoisotopic (exact) mass is 500 g/mol. The molecule has 0 aliphatic heterocycles. The Bertz CT molecular complexity index is 1170. The fourth-order valence-electron chi connectivity index (χ4n) is 3.43. The van der Waals surface area contributed by atoms with Gasteiger partial charge in [-0.05, 0) is 41.8 Å². The third kappa shape index (κ3) is 7.79. The topological polar surface area (TPSA) is 134 Å². The lowest BCUT2D eigenvalue weighted by molar-refractivity contribution is -0.0646. The highest BCUT2D eigenvalue weighted by atomic mass is 32.2. The van der Waals surface area contributed by atoms with Crippen LogP contribution in [0.15, 0.2) is 89.8 Å². The molecule has 9 nitrogen and oxygen atoms in total. The smallest absolute Gasteiger partial charge is 0.404 e. The van der Waals surface area contributed by atoms with E-state index < -0.39 is 34.5 Å². The Hall–Kier alpha value is -3.44. The van der Waals surface area contributed by atoms with Crippen molar-refractivity contribution < 1.29 is 32.9 Å². The lowest BCUT2D eigenvalue weighted by Gasteiger charge is -2.30. The van der Waals surface area contributed by atoms with Crippen molar-refractivity contribution in [2.24, 2.45) is 0 Å². The molecule has 0 aromatic heterocycles. The number of methoxy groups -OCH3 is 1. The molecule has 3 atom stereocenters. The predicted molar refractivity (Wildman–Crippen MR) is 129 cm³/mol. The number of carboxylic acid groups (broad SMARTS) is 1. The molecule has 35 heavy (non-hydrogen) atoms. The lowest BCUT2D eigenvalue weighted by atomic mass is 10.0. The molecule has 3 rings (SSSR count). The van der Waals surface area contributed by atoms with E-state index in [0.717, 1.165) is 11.1 Å². The molecule has 0 fully saturated rings. The number of hydrogen-bond donors (Lipinski definition) is 4. The summed E-state index contributed by atoms with van der Waals surface area (Å²) in [7, 11) is -2.67. The third-order valence-corrected chi connectivity index (χ3v) is 6.68. The van der Waals surface area contributed by atoms with Crippen molar-refractivity contribution in [2.75, 3.05) is 7.11 Å². The second-order valence-corrected chi connectivity index (χ2v) is 9.46. The average Bonchev–Trinajstić information content (AvgIpc) is 2.86. The molecule has 0 spiro atoms. The van der Waals surface area contributed by atoms with Gasteiger partial charge in [-0.15, -0.1) is 0 Å². The normalized spacial score (nSPS) is 14.0. The van der Waals surface area contributed by atoms with E-state index in [-0.39, 0.29) is 17.9 Å². The molecule has 1 unspecified atom stereocenters. The minimum atomic E-state index is -4.13. The quantitative estimate of drug-likeness (QED) is 0.281. The van der Waals surface area contributed by atoms with Gasteiger partial charge in [-0.2, -0.15) is 4.72 Å². The van der Waals surface area contributed by atoms with E-state index >= 15 is 0 Å². The van der Waals surface area contributed by atoms with Crippen LogP contribution in [0, 0.1) is 0 Å². The van der Waals surface area contributed by atoms with Crippen LogP contribution in [0.4, 0.5) is 4.79 Å². The van der Waals surface area contributed by atoms with E-state index in [0.29, 0.717) is 5.75 Å². The van der Waals surface area contributed by atoms with Crippen molar-refractivity contribution in [1.29, 1.82) is 0 Å². The summed E-state index contributed by atoms with van der Waals surface area (Å²) in [5.74, 6) is 0.481. The largest absolute Gasteiger partial charge is 0.497 e. The highest BCUT2D eigenvalue weighted by Crippen LogP contribution is 2.18. The number of aliphatic hydroxyl groups is 1. The first-order valence-electron chi connectivity index (χ1n) is 10.8. The molecular weight excluding hydrogens is 472 g/mol. The van der Waals surface area contributed by atoms with Crippen molar-refractivity contribution in [2.45, 2.75) is 36.3 Å². The number of rotatable bonds is 12. The van der Waals surface area contributed by atoms with Gasteiger partial charge in [0, 0.05) is 0 Å². The summed E-state index contributed by atoms with van der Waals surface area (Å²) >= 11 is 0. The number of aliphatic hydroxyl groups excluding tert-OH is 1. The summed E-state index contributed by atoms with van der Waals surface area (Å²) in [6.07, 6.45) is -4.25. The second-order valence-electron chi connectivity index (χ2n) is 7.75. The number of nitrogens with one attached hydrogen (secondary N) is 2. The molecular formula is C25H28N2O7S. The Morgan fingerprint density at radius 2 is 1.49 bits per heavy atom. The number of benzene rings is 3. The van der Waals surface area contributed by atoms with Crippen LogP contribution in [0.3, 0.4) is 0 Å². The summed E-state index contributed by atoms with van der Waals surface area (Å²) in [6, 6.07) is 22.6. The summed E-state index contributed by atoms with van der Waals surface area (Å²) in [6.45, 7) is -0.0151. The van der Waals surface area contributed by atoms with Gasteiger partial charge in [-0.1, -0.05) is 60.7 Å². The third-order valence-electron chi connectivity index (χ3n) is 5.24. The first kappa shape index (κ1) is 26.2. The van der Waals surface area contributed by atoms with E-state index in [9.17, 15) is 23.4 Å². The Morgan fingerprint density at radius 3 is 2.03 bits per heavy atom. The molecule has 0 saturated heterocycles. The van der Waals surface area contributed by atoms with Crippen molar-refractivity contribution in [3.63, 3.8) is 0 Å². The van der Waals surface area contributed by atoms with Crippen LogP contribution in [-0.2, 0) is 27.8 Å². The van der Waals surface area contributed by atoms with Gasteiger partial charge in [-0.25, -0.2) is 13.2 Å². The number of hydrogen-bond acceptors (Lipinski definition) is 6. The fraction of sp³-hybridized carbons (Fsp3) is 0.240. The Balaban J connectivity index is 1.87. The van der Waals surface area contributed by atoms with Crippen molar-refractivity contribution in [3.8, 4) is 5.75 Å². The van der Waals surface area contributed by atoms with Crippen molar-refractivity contribution in [1.82, 2.24) is 10.0 Å². The van der Waals surface area contributed by atoms with Gasteiger partial charge >= 0.3 is 6.09 Å². The van der Waals surface area contributed by atoms with E-state index in [1.54, 1.807) is 48.5 Å². The molecule has 10 heteroatoms. The zero-order valence-electron chi connectivity index (χ0n) is 19.1. The van der Waals surface area contributed by atoms with Crippen LogP contribution in [0.25, 0.3) is 0 Å². The maximum Gasteiger partial charge on any atom is 0.404 e. The molecule has 3 aromatic rings. The highest BCUT2D eigenvalue weighted by molar-refractivity contribution is 7.89. The Labute approximate surface area is 204 Å². The first-order valence-corrected chi connectivity index (χ1v) is 12.3. The molecule has 0 radical (unpaired) electrons. The molecule has 0 aliphatic rings. The summed E-state index contributed by atoms with van der Waals surface area (Å²) in [5.41, 5.74) is 1.50. The molecule has 3 aromatic carbocycles. The van der Waals surface area contributed by atoms with Crippen LogP contribution >= 0.6 is 0 Å². The molecule has 0 heterocycles. The van der Waals surface area contributed by atoms with Crippen LogP contribution in [-0.4, -0.2) is 50.2 Å². The van der Waals surface area contributed by atoms with E-state index in [1.165, 1.54) is 31.4 Å². The van der Waals surface area contributed by atoms with Gasteiger partial charge in [0.1, 0.15) is 18.1 Å². The zero-order chi connectivity index (χ0) is 25.3. The number of carbonyl (C=O) groups is 1. The van der Waals surface area contributed by atoms with Crippen LogP contribution in [0.5, 0.6) is 5.75 Å². The summed E-state index contributed by atoms with van der Waals surface area (Å²) in [5, 5.41) is 22.8. The lowest BCUT2D eigenvalue weighted by Crippen LogP contribution is -2.55. The first-order chi connectivity index (χ1) is 16.8. The molecule has 0 aliphatic carbocycles. The minimum Gasteiger partial charge on any atom is -0.497 e. The Kier molecular flexibility index (Phi) is 9.21. The van der Waals surface area contributed by atoms with Gasteiger partial charge in [0.25, 0.3) is 0 Å². The second kappa shape index (κ2) is 12.3. The van der Waals surface area contributed by atoms with Gasteiger partial charge in [0.15, 0.2) is 0 Å². The van der Waals surface area contributed by atoms with E-state index in [4.69, 9.17) is 9.47 Å². The average molecular weight is 501 g/mol. The Morgan fingerprint density at radius 1 is 0.914 bits per heavy atom.